The highest BCUT2D eigenvalue weighted by Crippen LogP contribution is 2.19. The second kappa shape index (κ2) is 9.05. The molecule has 1 fully saturated rings. The number of carbonyl (C=O) groups excluding carboxylic acids is 2. The normalized spacial score (nSPS) is 15.7. The van der Waals surface area contributed by atoms with Gasteiger partial charge in [0.05, 0.1) is 12.3 Å². The summed E-state index contributed by atoms with van der Waals surface area (Å²) < 4.78 is 1.99. The Labute approximate surface area is 147 Å². The summed E-state index contributed by atoms with van der Waals surface area (Å²) in [4.78, 5) is 25.8. The molecule has 2 amide bonds. The molecule has 134 valence electrons. The van der Waals surface area contributed by atoms with Crippen LogP contribution in [0.2, 0.25) is 0 Å². The number of likely N-dealkylation sites (tertiary alicyclic amines) is 1. The number of nitrogens with one attached hydrogen (secondary N) is 1. The van der Waals surface area contributed by atoms with Gasteiger partial charge in [0.1, 0.15) is 0 Å². The van der Waals surface area contributed by atoms with Gasteiger partial charge in [0.15, 0.2) is 11.0 Å². The lowest BCUT2D eigenvalue weighted by atomic mass is 10.2. The minimum absolute atomic E-state index is 0.00935. The van der Waals surface area contributed by atoms with Gasteiger partial charge in [-0.1, -0.05) is 18.2 Å². The molecule has 1 aliphatic rings. The first-order chi connectivity index (χ1) is 11.5. The number of hydrogen-bond donors (Lipinski definition) is 1. The Bertz CT molecular complexity index is 573. The van der Waals surface area contributed by atoms with Crippen LogP contribution in [0.3, 0.4) is 0 Å². The van der Waals surface area contributed by atoms with Crippen molar-refractivity contribution in [3.05, 3.63) is 5.82 Å². The fraction of sp³-hybridized carbons (Fsp3) is 0.750. The largest absolute Gasteiger partial charge is 0.353 e. The topological polar surface area (TPSA) is 80.1 Å². The van der Waals surface area contributed by atoms with E-state index in [1.807, 2.05) is 30.2 Å². The Morgan fingerprint density at radius 2 is 2.08 bits per heavy atom. The number of nitrogens with zero attached hydrogens (tertiary/aromatic N) is 4. The van der Waals surface area contributed by atoms with Crippen LogP contribution >= 0.6 is 11.8 Å². The lowest BCUT2D eigenvalue weighted by Gasteiger charge is -2.20. The van der Waals surface area contributed by atoms with Gasteiger partial charge in [-0.05, 0) is 33.6 Å². The van der Waals surface area contributed by atoms with E-state index in [1.54, 1.807) is 0 Å². The first-order valence-corrected chi connectivity index (χ1v) is 9.61. The molecule has 24 heavy (non-hydrogen) atoms. The van der Waals surface area contributed by atoms with Gasteiger partial charge >= 0.3 is 0 Å². The van der Waals surface area contributed by atoms with E-state index in [9.17, 15) is 9.59 Å². The van der Waals surface area contributed by atoms with Crippen LogP contribution in [-0.2, 0) is 22.7 Å². The molecule has 0 atom stereocenters. The summed E-state index contributed by atoms with van der Waals surface area (Å²) in [6, 6.07) is 0.131. The van der Waals surface area contributed by atoms with Crippen molar-refractivity contribution in [3.8, 4) is 0 Å². The second-order valence-electron chi connectivity index (χ2n) is 6.28. The average molecular weight is 353 g/mol. The lowest BCUT2D eigenvalue weighted by molar-refractivity contribution is -0.131. The highest BCUT2D eigenvalue weighted by Gasteiger charge is 2.20. The van der Waals surface area contributed by atoms with Gasteiger partial charge in [-0.3, -0.25) is 9.59 Å². The third kappa shape index (κ3) is 5.22. The first kappa shape index (κ1) is 18.8. The molecular weight excluding hydrogens is 326 g/mol. The molecule has 1 N–H and O–H groups in total. The summed E-state index contributed by atoms with van der Waals surface area (Å²) in [5, 5.41) is 12.1. The molecule has 1 aromatic heterocycles. The summed E-state index contributed by atoms with van der Waals surface area (Å²) in [7, 11) is 0. The van der Waals surface area contributed by atoms with Gasteiger partial charge in [-0.25, -0.2) is 0 Å². The third-order valence-corrected chi connectivity index (χ3v) is 4.86. The number of rotatable bonds is 7. The molecule has 2 heterocycles. The molecule has 1 aromatic rings. The van der Waals surface area contributed by atoms with Gasteiger partial charge in [0.25, 0.3) is 0 Å². The summed E-state index contributed by atoms with van der Waals surface area (Å²) in [6.45, 7) is 7.90. The number of hydrogen-bond acceptors (Lipinski definition) is 5. The smallest absolute Gasteiger partial charge is 0.230 e. The maximum absolute atomic E-state index is 12.2. The zero-order valence-electron chi connectivity index (χ0n) is 14.7. The molecule has 0 radical (unpaired) electrons. The second-order valence-corrected chi connectivity index (χ2v) is 7.22. The van der Waals surface area contributed by atoms with Crippen LogP contribution < -0.4 is 5.32 Å². The lowest BCUT2D eigenvalue weighted by Crippen LogP contribution is -2.31. The van der Waals surface area contributed by atoms with E-state index in [0.29, 0.717) is 18.7 Å². The van der Waals surface area contributed by atoms with Crippen molar-refractivity contribution in [1.29, 1.82) is 0 Å². The summed E-state index contributed by atoms with van der Waals surface area (Å²) in [6.07, 6.45) is 3.75. The summed E-state index contributed by atoms with van der Waals surface area (Å²) in [5.74, 6) is 1.30. The Kier molecular flexibility index (Phi) is 7.08. The van der Waals surface area contributed by atoms with E-state index < -0.39 is 0 Å². The predicted molar refractivity (Wildman–Crippen MR) is 93.6 cm³/mol. The van der Waals surface area contributed by atoms with E-state index in [-0.39, 0.29) is 17.9 Å². The van der Waals surface area contributed by atoms with Crippen LogP contribution in [0.25, 0.3) is 0 Å². The minimum atomic E-state index is -0.00935. The van der Waals surface area contributed by atoms with E-state index in [0.717, 1.165) is 43.3 Å². The highest BCUT2D eigenvalue weighted by atomic mass is 32.2. The molecule has 0 unspecified atom stereocenters. The van der Waals surface area contributed by atoms with Gasteiger partial charge in [0, 0.05) is 25.6 Å². The number of carbonyl (C=O) groups is 2. The van der Waals surface area contributed by atoms with Crippen LogP contribution in [-0.4, -0.2) is 49.8 Å². The van der Waals surface area contributed by atoms with Crippen LogP contribution in [0.4, 0.5) is 0 Å². The van der Waals surface area contributed by atoms with Crippen LogP contribution in [0.1, 0.15) is 52.3 Å². The zero-order valence-corrected chi connectivity index (χ0v) is 15.6. The molecule has 0 spiro atoms. The molecule has 8 heteroatoms. The molecule has 0 aromatic carbocycles. The van der Waals surface area contributed by atoms with Crippen molar-refractivity contribution in [2.24, 2.45) is 0 Å². The molecule has 7 nitrogen and oxygen atoms in total. The van der Waals surface area contributed by atoms with Crippen LogP contribution in [0.5, 0.6) is 0 Å². The monoisotopic (exact) mass is 353 g/mol. The van der Waals surface area contributed by atoms with Crippen molar-refractivity contribution in [1.82, 2.24) is 25.0 Å². The van der Waals surface area contributed by atoms with Gasteiger partial charge in [-0.15, -0.1) is 10.2 Å². The van der Waals surface area contributed by atoms with Crippen molar-refractivity contribution in [2.45, 2.75) is 70.7 Å². The Hall–Kier alpha value is -1.57. The molecule has 1 saturated heterocycles. The number of aromatic nitrogens is 3. The van der Waals surface area contributed by atoms with Crippen molar-refractivity contribution in [3.63, 3.8) is 0 Å². The van der Waals surface area contributed by atoms with E-state index in [1.165, 1.54) is 11.8 Å². The minimum Gasteiger partial charge on any atom is -0.353 e. The van der Waals surface area contributed by atoms with Crippen molar-refractivity contribution < 1.29 is 9.59 Å². The maximum atomic E-state index is 12.2. The standard InChI is InChI=1S/C16H27N5O2S/c1-4-21-13(10-20-9-7-5-6-8-15(20)23)18-19-16(21)24-11-14(22)17-12(2)3/h12H,4-11H2,1-3H3,(H,17,22). The molecule has 0 aliphatic carbocycles. The Balaban J connectivity index is 2.00. The highest BCUT2D eigenvalue weighted by molar-refractivity contribution is 7.99. The molecule has 0 saturated carbocycles. The first-order valence-electron chi connectivity index (χ1n) is 8.63. The molecule has 0 bridgehead atoms. The van der Waals surface area contributed by atoms with Crippen molar-refractivity contribution >= 4 is 23.6 Å². The quantitative estimate of drug-likeness (QED) is 0.756. The van der Waals surface area contributed by atoms with E-state index >= 15 is 0 Å². The van der Waals surface area contributed by atoms with Gasteiger partial charge < -0.3 is 14.8 Å². The third-order valence-electron chi connectivity index (χ3n) is 3.90. The number of thioether (sulfide) groups is 1. The fourth-order valence-corrected chi connectivity index (χ4v) is 3.56. The molecule has 2 rings (SSSR count). The Morgan fingerprint density at radius 1 is 1.29 bits per heavy atom. The van der Waals surface area contributed by atoms with E-state index in [4.69, 9.17) is 0 Å². The fourth-order valence-electron chi connectivity index (χ4n) is 2.73. The predicted octanol–water partition coefficient (Wildman–Crippen LogP) is 1.82. The van der Waals surface area contributed by atoms with Crippen LogP contribution in [0, 0.1) is 0 Å². The summed E-state index contributed by atoms with van der Waals surface area (Å²) >= 11 is 1.38. The number of amides is 2. The Morgan fingerprint density at radius 3 is 2.79 bits per heavy atom. The SMILES string of the molecule is CCn1c(CN2CCCCCC2=O)nnc1SCC(=O)NC(C)C. The molecule has 1 aliphatic heterocycles. The van der Waals surface area contributed by atoms with Gasteiger partial charge in [0.2, 0.25) is 11.8 Å². The van der Waals surface area contributed by atoms with Crippen molar-refractivity contribution in [2.75, 3.05) is 12.3 Å². The van der Waals surface area contributed by atoms with E-state index in [2.05, 4.69) is 15.5 Å². The molecular formula is C16H27N5O2S. The zero-order chi connectivity index (χ0) is 17.5. The van der Waals surface area contributed by atoms with Gasteiger partial charge in [-0.2, -0.15) is 0 Å². The average Bonchev–Trinajstić information content (AvgIpc) is 2.80. The summed E-state index contributed by atoms with van der Waals surface area (Å²) in [5.41, 5.74) is 0. The van der Waals surface area contributed by atoms with Crippen LogP contribution in [0.15, 0.2) is 5.16 Å². The maximum Gasteiger partial charge on any atom is 0.230 e.